The lowest BCUT2D eigenvalue weighted by Gasteiger charge is -2.06. The quantitative estimate of drug-likeness (QED) is 0.829. The molecule has 0 bridgehead atoms. The lowest BCUT2D eigenvalue weighted by Crippen LogP contribution is -2.23. The molecule has 1 aromatic heterocycles. The Kier molecular flexibility index (Phi) is 2.84. The Morgan fingerprint density at radius 2 is 2.38 bits per heavy atom. The maximum absolute atomic E-state index is 5.65. The first-order valence-electron chi connectivity index (χ1n) is 5.63. The van der Waals surface area contributed by atoms with Crippen molar-refractivity contribution < 1.29 is 4.42 Å². The van der Waals surface area contributed by atoms with Crippen LogP contribution in [0.2, 0.25) is 0 Å². The molecule has 0 aliphatic carbocycles. The molecule has 1 N–H and O–H groups in total. The molecule has 2 aromatic rings. The van der Waals surface area contributed by atoms with Crippen LogP contribution in [0.4, 0.5) is 0 Å². The molecule has 3 nitrogen and oxygen atoms in total. The summed E-state index contributed by atoms with van der Waals surface area (Å²) in [6.07, 6.45) is 2.56. The monoisotopic (exact) mass is 234 g/mol. The Morgan fingerprint density at radius 3 is 3.19 bits per heavy atom. The lowest BCUT2D eigenvalue weighted by molar-refractivity contribution is 0.488. The molecule has 1 atom stereocenters. The number of thioether (sulfide) groups is 1. The topological polar surface area (TPSA) is 38.1 Å². The number of rotatable bonds is 3. The number of nitrogens with zero attached hydrogens (tertiary/aromatic N) is 1. The van der Waals surface area contributed by atoms with E-state index in [0.717, 1.165) is 28.6 Å². The van der Waals surface area contributed by atoms with E-state index in [1.165, 1.54) is 12.8 Å². The summed E-state index contributed by atoms with van der Waals surface area (Å²) in [5, 5.41) is 4.26. The molecule has 0 amide bonds. The van der Waals surface area contributed by atoms with E-state index in [1.54, 1.807) is 11.8 Å². The summed E-state index contributed by atoms with van der Waals surface area (Å²) in [5.41, 5.74) is 1.83. The number of fused-ring (bicyclic) bond motifs is 1. The van der Waals surface area contributed by atoms with Crippen LogP contribution in [0.25, 0.3) is 11.1 Å². The van der Waals surface area contributed by atoms with Gasteiger partial charge in [-0.2, -0.15) is 0 Å². The second-order valence-corrected chi connectivity index (χ2v) is 5.02. The summed E-state index contributed by atoms with van der Waals surface area (Å²) >= 11 is 1.70. The van der Waals surface area contributed by atoms with Gasteiger partial charge in [-0.1, -0.05) is 23.9 Å². The van der Waals surface area contributed by atoms with Crippen molar-refractivity contribution in [2.75, 3.05) is 12.3 Å². The third-order valence-corrected chi connectivity index (χ3v) is 3.84. The summed E-state index contributed by atoms with van der Waals surface area (Å²) in [4.78, 5) is 4.44. The van der Waals surface area contributed by atoms with E-state index in [1.807, 2.05) is 24.3 Å². The number of benzene rings is 1. The maximum atomic E-state index is 5.65. The van der Waals surface area contributed by atoms with Crippen LogP contribution < -0.4 is 5.32 Å². The zero-order valence-electron chi connectivity index (χ0n) is 8.98. The molecule has 1 fully saturated rings. The SMILES string of the molecule is c1ccc2oc(SC[C@H]3CCCN3)nc2c1. The molecule has 1 aliphatic heterocycles. The number of hydrogen-bond acceptors (Lipinski definition) is 4. The van der Waals surface area contributed by atoms with Crippen LogP contribution in [0, 0.1) is 0 Å². The van der Waals surface area contributed by atoms with Gasteiger partial charge in [-0.3, -0.25) is 0 Å². The predicted molar refractivity (Wildman–Crippen MR) is 65.8 cm³/mol. The summed E-state index contributed by atoms with van der Waals surface area (Å²) < 4.78 is 5.65. The molecule has 0 saturated carbocycles. The Hall–Kier alpha value is -1.00. The van der Waals surface area contributed by atoms with Crippen molar-refractivity contribution in [3.8, 4) is 0 Å². The number of nitrogens with one attached hydrogen (secondary N) is 1. The Balaban J connectivity index is 1.69. The van der Waals surface area contributed by atoms with Gasteiger partial charge in [-0.25, -0.2) is 4.98 Å². The zero-order chi connectivity index (χ0) is 10.8. The molecule has 16 heavy (non-hydrogen) atoms. The van der Waals surface area contributed by atoms with Crippen LogP contribution in [0.1, 0.15) is 12.8 Å². The van der Waals surface area contributed by atoms with Gasteiger partial charge in [0.25, 0.3) is 5.22 Å². The third-order valence-electron chi connectivity index (χ3n) is 2.84. The highest BCUT2D eigenvalue weighted by atomic mass is 32.2. The molecular weight excluding hydrogens is 220 g/mol. The third kappa shape index (κ3) is 2.08. The maximum Gasteiger partial charge on any atom is 0.256 e. The Labute approximate surface area is 98.6 Å². The molecule has 4 heteroatoms. The molecule has 0 radical (unpaired) electrons. The smallest absolute Gasteiger partial charge is 0.256 e. The van der Waals surface area contributed by atoms with Gasteiger partial charge >= 0.3 is 0 Å². The number of oxazole rings is 1. The van der Waals surface area contributed by atoms with Crippen molar-refractivity contribution >= 4 is 22.9 Å². The van der Waals surface area contributed by atoms with Gasteiger partial charge in [0.2, 0.25) is 0 Å². The van der Waals surface area contributed by atoms with Gasteiger partial charge in [0, 0.05) is 11.8 Å². The van der Waals surface area contributed by atoms with Crippen molar-refractivity contribution in [2.45, 2.75) is 24.1 Å². The molecule has 2 heterocycles. The van der Waals surface area contributed by atoms with Crippen molar-refractivity contribution in [1.29, 1.82) is 0 Å². The van der Waals surface area contributed by atoms with E-state index in [0.29, 0.717) is 6.04 Å². The van der Waals surface area contributed by atoms with Gasteiger partial charge in [-0.15, -0.1) is 0 Å². The summed E-state index contributed by atoms with van der Waals surface area (Å²) in [6, 6.07) is 8.52. The summed E-state index contributed by atoms with van der Waals surface area (Å²) in [7, 11) is 0. The number of para-hydroxylation sites is 2. The Morgan fingerprint density at radius 1 is 1.44 bits per heavy atom. The molecule has 0 unspecified atom stereocenters. The van der Waals surface area contributed by atoms with Crippen molar-refractivity contribution in [2.24, 2.45) is 0 Å². The highest BCUT2D eigenvalue weighted by Crippen LogP contribution is 2.24. The minimum atomic E-state index is 0.625. The Bertz CT molecular complexity index is 444. The van der Waals surface area contributed by atoms with E-state index < -0.39 is 0 Å². The van der Waals surface area contributed by atoms with Crippen molar-refractivity contribution in [1.82, 2.24) is 10.3 Å². The van der Waals surface area contributed by atoms with Crippen molar-refractivity contribution in [3.63, 3.8) is 0 Å². The van der Waals surface area contributed by atoms with Crippen LogP contribution in [0.15, 0.2) is 33.9 Å². The highest BCUT2D eigenvalue weighted by molar-refractivity contribution is 7.99. The van der Waals surface area contributed by atoms with E-state index in [-0.39, 0.29) is 0 Å². The molecule has 0 spiro atoms. The second kappa shape index (κ2) is 4.47. The molecule has 84 valence electrons. The fourth-order valence-electron chi connectivity index (χ4n) is 1.98. The normalized spacial score (nSPS) is 20.6. The molecule has 1 aromatic carbocycles. The standard InChI is InChI=1S/C12H14N2OS/c1-2-6-11-10(5-1)14-12(15-11)16-8-9-4-3-7-13-9/h1-2,5-6,9,13H,3-4,7-8H2/t9-/m1/s1. The highest BCUT2D eigenvalue weighted by Gasteiger charge is 2.15. The minimum absolute atomic E-state index is 0.625. The van der Waals surface area contributed by atoms with Gasteiger partial charge in [0.1, 0.15) is 5.52 Å². The first kappa shape index (κ1) is 10.2. The van der Waals surface area contributed by atoms with Gasteiger partial charge in [0.15, 0.2) is 5.58 Å². The second-order valence-electron chi connectivity index (χ2n) is 4.05. The average Bonchev–Trinajstić information content (AvgIpc) is 2.95. The zero-order valence-corrected chi connectivity index (χ0v) is 9.80. The summed E-state index contributed by atoms with van der Waals surface area (Å²) in [6.45, 7) is 1.15. The first-order chi connectivity index (χ1) is 7.92. The first-order valence-corrected chi connectivity index (χ1v) is 6.62. The summed E-state index contributed by atoms with van der Waals surface area (Å²) in [5.74, 6) is 1.05. The van der Waals surface area contributed by atoms with Crippen LogP contribution in [-0.2, 0) is 0 Å². The van der Waals surface area contributed by atoms with E-state index in [9.17, 15) is 0 Å². The predicted octanol–water partition coefficient (Wildman–Crippen LogP) is 2.67. The van der Waals surface area contributed by atoms with Crippen LogP contribution >= 0.6 is 11.8 Å². The molecule has 1 saturated heterocycles. The minimum Gasteiger partial charge on any atom is -0.431 e. The van der Waals surface area contributed by atoms with Crippen LogP contribution in [-0.4, -0.2) is 23.3 Å². The van der Waals surface area contributed by atoms with E-state index in [2.05, 4.69) is 10.3 Å². The van der Waals surface area contributed by atoms with E-state index >= 15 is 0 Å². The van der Waals surface area contributed by atoms with E-state index in [4.69, 9.17) is 4.42 Å². The average molecular weight is 234 g/mol. The molecular formula is C12H14N2OS. The van der Waals surface area contributed by atoms with Crippen LogP contribution in [0.5, 0.6) is 0 Å². The lowest BCUT2D eigenvalue weighted by atomic mass is 10.3. The van der Waals surface area contributed by atoms with Crippen LogP contribution in [0.3, 0.4) is 0 Å². The largest absolute Gasteiger partial charge is 0.431 e. The number of hydrogen-bond donors (Lipinski definition) is 1. The van der Waals surface area contributed by atoms with Gasteiger partial charge in [-0.05, 0) is 31.5 Å². The molecule has 1 aliphatic rings. The fraction of sp³-hybridized carbons (Fsp3) is 0.417. The van der Waals surface area contributed by atoms with Gasteiger partial charge < -0.3 is 9.73 Å². The van der Waals surface area contributed by atoms with Gasteiger partial charge in [0.05, 0.1) is 0 Å². The molecule has 3 rings (SSSR count). The van der Waals surface area contributed by atoms with Crippen molar-refractivity contribution in [3.05, 3.63) is 24.3 Å². The number of aromatic nitrogens is 1. The fourth-order valence-corrected chi connectivity index (χ4v) is 2.92.